The molecule has 6 heteroatoms. The van der Waals surface area contributed by atoms with Gasteiger partial charge in [-0.3, -0.25) is 4.98 Å². The second-order valence-corrected chi connectivity index (χ2v) is 5.30. The lowest BCUT2D eigenvalue weighted by atomic mass is 10.2. The summed E-state index contributed by atoms with van der Waals surface area (Å²) in [5.74, 6) is -0.986. The molecule has 0 aliphatic carbocycles. The Morgan fingerprint density at radius 3 is 2.48 bits per heavy atom. The summed E-state index contributed by atoms with van der Waals surface area (Å²) in [4.78, 5) is 15.0. The average molecular weight is 344 g/mol. The molecule has 21 heavy (non-hydrogen) atoms. The van der Waals surface area contributed by atoms with Gasteiger partial charge in [0, 0.05) is 22.4 Å². The van der Waals surface area contributed by atoms with Crippen LogP contribution in [0.1, 0.15) is 10.4 Å². The quantitative estimate of drug-likeness (QED) is 0.791. The maximum atomic E-state index is 10.8. The van der Waals surface area contributed by atoms with Crippen molar-refractivity contribution in [2.24, 2.45) is 0 Å². The van der Waals surface area contributed by atoms with Crippen molar-refractivity contribution in [3.63, 3.8) is 0 Å². The first kappa shape index (κ1) is 13.5. The minimum atomic E-state index is -0.986. The Hall–Kier alpha value is -2.47. The van der Waals surface area contributed by atoms with Crippen molar-refractivity contribution >= 4 is 21.9 Å². The summed E-state index contributed by atoms with van der Waals surface area (Å²) < 4.78 is 2.75. The number of benzene rings is 1. The molecule has 0 radical (unpaired) electrons. The molecule has 2 aromatic heterocycles. The highest BCUT2D eigenvalue weighted by Crippen LogP contribution is 2.19. The third kappa shape index (κ3) is 2.85. The van der Waals surface area contributed by atoms with Crippen LogP contribution in [0.2, 0.25) is 0 Å². The Labute approximate surface area is 129 Å². The van der Waals surface area contributed by atoms with Crippen LogP contribution in [0.15, 0.2) is 59.5 Å². The molecule has 0 bridgehead atoms. The van der Waals surface area contributed by atoms with Gasteiger partial charge in [-0.25, -0.2) is 9.48 Å². The Bertz CT molecular complexity index is 779. The first-order chi connectivity index (χ1) is 10.1. The van der Waals surface area contributed by atoms with Gasteiger partial charge in [-0.1, -0.05) is 15.9 Å². The van der Waals surface area contributed by atoms with Crippen molar-refractivity contribution in [3.05, 3.63) is 65.0 Å². The number of hydrogen-bond acceptors (Lipinski definition) is 3. The SMILES string of the molecule is O=C(O)c1ccc(-c2cnn(-c3ccc(Br)cc3)c2)nc1. The number of hydrogen-bond donors (Lipinski definition) is 1. The maximum absolute atomic E-state index is 10.8. The molecule has 2 heterocycles. The Morgan fingerprint density at radius 2 is 1.86 bits per heavy atom. The van der Waals surface area contributed by atoms with Crippen LogP contribution in [-0.2, 0) is 0 Å². The van der Waals surface area contributed by atoms with Crippen molar-refractivity contribution in [3.8, 4) is 16.9 Å². The molecule has 1 aromatic carbocycles. The molecular weight excluding hydrogens is 334 g/mol. The average Bonchev–Trinajstić information content (AvgIpc) is 2.98. The molecule has 0 amide bonds. The van der Waals surface area contributed by atoms with Gasteiger partial charge in [-0.2, -0.15) is 5.10 Å². The van der Waals surface area contributed by atoms with Crippen LogP contribution in [0.5, 0.6) is 0 Å². The van der Waals surface area contributed by atoms with Gasteiger partial charge in [-0.15, -0.1) is 0 Å². The topological polar surface area (TPSA) is 68.0 Å². The Balaban J connectivity index is 1.90. The zero-order valence-corrected chi connectivity index (χ0v) is 12.4. The predicted octanol–water partition coefficient (Wildman–Crippen LogP) is 3.40. The molecule has 3 aromatic rings. The minimum absolute atomic E-state index is 0.166. The summed E-state index contributed by atoms with van der Waals surface area (Å²) in [6.07, 6.45) is 4.89. The summed E-state index contributed by atoms with van der Waals surface area (Å²) in [7, 11) is 0. The second-order valence-electron chi connectivity index (χ2n) is 4.39. The Kier molecular flexibility index (Phi) is 3.53. The van der Waals surface area contributed by atoms with E-state index in [9.17, 15) is 4.79 Å². The fraction of sp³-hybridized carbons (Fsp3) is 0. The fourth-order valence-electron chi connectivity index (χ4n) is 1.88. The van der Waals surface area contributed by atoms with Crippen molar-refractivity contribution in [1.82, 2.24) is 14.8 Å². The molecule has 0 aliphatic rings. The number of carboxylic acid groups (broad SMARTS) is 1. The first-order valence-electron chi connectivity index (χ1n) is 6.14. The molecule has 104 valence electrons. The number of aromatic carboxylic acids is 1. The van der Waals surface area contributed by atoms with E-state index < -0.39 is 5.97 Å². The molecule has 0 spiro atoms. The van der Waals surface area contributed by atoms with Gasteiger partial charge in [0.1, 0.15) is 0 Å². The lowest BCUT2D eigenvalue weighted by molar-refractivity contribution is 0.0696. The van der Waals surface area contributed by atoms with E-state index in [-0.39, 0.29) is 5.56 Å². The molecule has 0 saturated heterocycles. The van der Waals surface area contributed by atoms with Crippen molar-refractivity contribution in [2.75, 3.05) is 0 Å². The number of aromatic nitrogens is 3. The number of nitrogens with zero attached hydrogens (tertiary/aromatic N) is 3. The van der Waals surface area contributed by atoms with E-state index in [1.165, 1.54) is 12.3 Å². The standard InChI is InChI=1S/C15H10BrN3O2/c16-12-2-4-13(5-3-12)19-9-11(8-18-19)14-6-1-10(7-17-14)15(20)21/h1-9H,(H,20,21). The molecule has 5 nitrogen and oxygen atoms in total. The molecule has 0 unspecified atom stereocenters. The predicted molar refractivity (Wildman–Crippen MR) is 81.5 cm³/mol. The zero-order valence-electron chi connectivity index (χ0n) is 10.8. The van der Waals surface area contributed by atoms with Gasteiger partial charge in [-0.05, 0) is 36.4 Å². The third-order valence-electron chi connectivity index (χ3n) is 2.98. The number of halogens is 1. The summed E-state index contributed by atoms with van der Waals surface area (Å²) in [5.41, 5.74) is 2.61. The highest BCUT2D eigenvalue weighted by Gasteiger charge is 2.07. The van der Waals surface area contributed by atoms with Crippen LogP contribution in [0, 0.1) is 0 Å². The van der Waals surface area contributed by atoms with Crippen LogP contribution in [-0.4, -0.2) is 25.8 Å². The van der Waals surface area contributed by atoms with Crippen LogP contribution in [0.25, 0.3) is 16.9 Å². The van der Waals surface area contributed by atoms with Gasteiger partial charge < -0.3 is 5.11 Å². The summed E-state index contributed by atoms with van der Waals surface area (Å²) in [6, 6.07) is 11.0. The molecule has 3 rings (SSSR count). The lowest BCUT2D eigenvalue weighted by Gasteiger charge is -2.00. The van der Waals surface area contributed by atoms with Gasteiger partial charge in [0.05, 0.1) is 23.1 Å². The van der Waals surface area contributed by atoms with Crippen LogP contribution in [0.4, 0.5) is 0 Å². The number of carbonyl (C=O) groups is 1. The zero-order chi connectivity index (χ0) is 14.8. The van der Waals surface area contributed by atoms with E-state index >= 15 is 0 Å². The highest BCUT2D eigenvalue weighted by molar-refractivity contribution is 9.10. The van der Waals surface area contributed by atoms with E-state index in [0.29, 0.717) is 5.69 Å². The van der Waals surface area contributed by atoms with E-state index in [0.717, 1.165) is 15.7 Å². The second kappa shape index (κ2) is 5.49. The maximum Gasteiger partial charge on any atom is 0.337 e. The smallest absolute Gasteiger partial charge is 0.337 e. The van der Waals surface area contributed by atoms with Crippen molar-refractivity contribution < 1.29 is 9.90 Å². The number of carboxylic acids is 1. The number of rotatable bonds is 3. The third-order valence-corrected chi connectivity index (χ3v) is 3.51. The van der Waals surface area contributed by atoms with E-state index in [1.54, 1.807) is 16.9 Å². The van der Waals surface area contributed by atoms with Crippen LogP contribution >= 0.6 is 15.9 Å². The molecule has 0 fully saturated rings. The van der Waals surface area contributed by atoms with Crippen molar-refractivity contribution in [2.45, 2.75) is 0 Å². The largest absolute Gasteiger partial charge is 0.478 e. The van der Waals surface area contributed by atoms with Crippen LogP contribution in [0.3, 0.4) is 0 Å². The highest BCUT2D eigenvalue weighted by atomic mass is 79.9. The van der Waals surface area contributed by atoms with Crippen LogP contribution < -0.4 is 0 Å². The fourth-order valence-corrected chi connectivity index (χ4v) is 2.15. The van der Waals surface area contributed by atoms with Gasteiger partial charge in [0.2, 0.25) is 0 Å². The molecule has 1 N–H and O–H groups in total. The van der Waals surface area contributed by atoms with E-state index in [2.05, 4.69) is 26.0 Å². The minimum Gasteiger partial charge on any atom is -0.478 e. The first-order valence-corrected chi connectivity index (χ1v) is 6.93. The van der Waals surface area contributed by atoms with Gasteiger partial charge in [0.15, 0.2) is 0 Å². The van der Waals surface area contributed by atoms with Gasteiger partial charge >= 0.3 is 5.97 Å². The van der Waals surface area contributed by atoms with Crippen molar-refractivity contribution in [1.29, 1.82) is 0 Å². The van der Waals surface area contributed by atoms with Gasteiger partial charge in [0.25, 0.3) is 0 Å². The summed E-state index contributed by atoms with van der Waals surface area (Å²) in [5, 5.41) is 13.2. The summed E-state index contributed by atoms with van der Waals surface area (Å²) >= 11 is 3.39. The number of pyridine rings is 1. The molecule has 0 aliphatic heterocycles. The molecular formula is C15H10BrN3O2. The molecule has 0 atom stereocenters. The Morgan fingerprint density at radius 1 is 1.10 bits per heavy atom. The summed E-state index contributed by atoms with van der Waals surface area (Å²) in [6.45, 7) is 0. The van der Waals surface area contributed by atoms with E-state index in [4.69, 9.17) is 5.11 Å². The lowest BCUT2D eigenvalue weighted by Crippen LogP contribution is -1.96. The normalized spacial score (nSPS) is 10.5. The molecule has 0 saturated carbocycles. The van der Waals surface area contributed by atoms with E-state index in [1.807, 2.05) is 30.5 Å². The monoisotopic (exact) mass is 343 g/mol.